The second kappa shape index (κ2) is 1.92. The zero-order valence-electron chi connectivity index (χ0n) is 4.07. The van der Waals surface area contributed by atoms with E-state index in [4.69, 9.17) is 5.73 Å². The monoisotopic (exact) mass is 129 g/mol. The number of carbonyl (C=O) groups is 1. The van der Waals surface area contributed by atoms with Gasteiger partial charge < -0.3 is 5.73 Å². The molecule has 0 fully saturated rings. The summed E-state index contributed by atoms with van der Waals surface area (Å²) in [5.41, 5.74) is 6.47. The third kappa shape index (κ3) is 0.840. The zero-order valence-corrected chi connectivity index (χ0v) is 4.89. The molecule has 1 rings (SSSR count). The Morgan fingerprint density at radius 3 is 2.75 bits per heavy atom. The number of nitrogens with two attached hydrogens (primary N) is 1. The van der Waals surface area contributed by atoms with Crippen molar-refractivity contribution in [2.75, 3.05) is 0 Å². The number of hydrogen-bond acceptors (Lipinski definition) is 2. The first kappa shape index (κ1) is 5.24. The van der Waals surface area contributed by atoms with Crippen LogP contribution in [0.5, 0.6) is 0 Å². The Morgan fingerprint density at radius 2 is 2.50 bits per heavy atom. The van der Waals surface area contributed by atoms with E-state index in [1.165, 1.54) is 0 Å². The summed E-state index contributed by atoms with van der Waals surface area (Å²) in [5, 5.41) is 1.37. The lowest BCUT2D eigenvalue weighted by Crippen LogP contribution is -2.01. The molecular formula is C4H5N2OS+. The maximum absolute atomic E-state index is 10.3. The molecule has 0 aliphatic heterocycles. The number of nitrogens with zero attached hydrogens (tertiary/aromatic N) is 1. The summed E-state index contributed by atoms with van der Waals surface area (Å²) < 4.78 is 0. The molecule has 0 saturated carbocycles. The van der Waals surface area contributed by atoms with Gasteiger partial charge in [0.1, 0.15) is 0 Å². The molecule has 0 bridgehead atoms. The summed E-state index contributed by atoms with van der Waals surface area (Å²) in [5.74, 6) is 0. The van der Waals surface area contributed by atoms with Gasteiger partial charge in [0.25, 0.3) is 0 Å². The van der Waals surface area contributed by atoms with Gasteiger partial charge in [0, 0.05) is 0 Å². The third-order valence-electron chi connectivity index (χ3n) is 0.700. The van der Waals surface area contributed by atoms with Crippen molar-refractivity contribution in [3.63, 3.8) is 0 Å². The Labute approximate surface area is 49.1 Å². The predicted molar refractivity (Wildman–Crippen MR) is 31.7 cm³/mol. The molecule has 1 unspecified atom stereocenters. The maximum atomic E-state index is 10.3. The van der Waals surface area contributed by atoms with Gasteiger partial charge in [-0.1, -0.05) is 0 Å². The Hall–Kier alpha value is -0.900. The van der Waals surface area contributed by atoms with E-state index in [0.29, 0.717) is 0 Å². The number of primary amides is 1. The molecule has 8 heavy (non-hydrogen) atoms. The smallest absolute Gasteiger partial charge is 0.320 e. The average Bonchev–Trinajstić information content (AvgIpc) is 2.12. The second-order valence-corrected chi connectivity index (χ2v) is 2.86. The van der Waals surface area contributed by atoms with Crippen molar-refractivity contribution < 1.29 is 4.79 Å². The van der Waals surface area contributed by atoms with Gasteiger partial charge in [-0.15, -0.1) is 0 Å². The van der Waals surface area contributed by atoms with Crippen LogP contribution in [0.1, 0.15) is 0 Å². The van der Waals surface area contributed by atoms with E-state index in [1.807, 2.05) is 0 Å². The molecule has 1 aromatic heterocycles. The van der Waals surface area contributed by atoms with Gasteiger partial charge in [-0.05, 0) is 0 Å². The predicted octanol–water partition coefficient (Wildman–Crippen LogP) is 0.758. The summed E-state index contributed by atoms with van der Waals surface area (Å²) in [7, 11) is -0.512. The van der Waals surface area contributed by atoms with Crippen LogP contribution in [-0.2, 0) is 0 Å². The van der Waals surface area contributed by atoms with Crippen LogP contribution in [0.3, 0.4) is 0 Å². The molecule has 1 amide bonds. The molecule has 3 nitrogen and oxygen atoms in total. The van der Waals surface area contributed by atoms with Crippen LogP contribution in [0, 0.1) is 0 Å². The van der Waals surface area contributed by atoms with Crippen molar-refractivity contribution in [2.24, 2.45) is 5.73 Å². The van der Waals surface area contributed by atoms with E-state index in [0.717, 1.165) is 0 Å². The lowest BCUT2D eigenvalue weighted by molar-refractivity contribution is 0.266. The molecule has 2 N–H and O–H groups in total. The number of thiazole rings is 1. The van der Waals surface area contributed by atoms with Crippen LogP contribution in [0.15, 0.2) is 17.1 Å². The molecule has 0 aromatic carbocycles. The number of hydrogen-bond donors (Lipinski definition) is 1. The number of amides is 1. The van der Waals surface area contributed by atoms with Crippen molar-refractivity contribution in [1.29, 1.82) is 0 Å². The van der Waals surface area contributed by atoms with Gasteiger partial charge in [0.05, 0.1) is 16.7 Å². The lowest BCUT2D eigenvalue weighted by atomic mass is 11.0. The fourth-order valence-corrected chi connectivity index (χ4v) is 1.07. The standard InChI is InChI=1S/C4H4N2OS/c5-4(7)8-2-1-6-3-8/h1-3H,(H-,5,7)/p+1. The summed E-state index contributed by atoms with van der Waals surface area (Å²) in [6, 6.07) is 0. The van der Waals surface area contributed by atoms with Crippen molar-refractivity contribution in [1.82, 2.24) is 4.98 Å². The van der Waals surface area contributed by atoms with Crippen molar-refractivity contribution in [3.8, 4) is 0 Å². The molecule has 1 heterocycles. The van der Waals surface area contributed by atoms with Crippen LogP contribution in [0.2, 0.25) is 0 Å². The molecule has 1 atom stereocenters. The van der Waals surface area contributed by atoms with Crippen molar-refractivity contribution >= 4 is 15.7 Å². The first-order chi connectivity index (χ1) is 3.80. The Kier molecular flexibility index (Phi) is 1.26. The highest BCUT2D eigenvalue weighted by atomic mass is 32.2. The van der Waals surface area contributed by atoms with Gasteiger partial charge in [0.2, 0.25) is 5.51 Å². The molecule has 4 heteroatoms. The number of aromatic nitrogens is 1. The molecule has 0 spiro atoms. The van der Waals surface area contributed by atoms with Crippen LogP contribution >= 0.6 is 10.5 Å². The van der Waals surface area contributed by atoms with Crippen LogP contribution < -0.4 is 5.73 Å². The molecule has 42 valence electrons. The van der Waals surface area contributed by atoms with E-state index >= 15 is 0 Å². The quantitative estimate of drug-likeness (QED) is 0.569. The maximum Gasteiger partial charge on any atom is 0.454 e. The van der Waals surface area contributed by atoms with E-state index in [9.17, 15) is 4.79 Å². The van der Waals surface area contributed by atoms with Gasteiger partial charge >= 0.3 is 5.24 Å². The van der Waals surface area contributed by atoms with E-state index in [1.54, 1.807) is 17.1 Å². The van der Waals surface area contributed by atoms with Crippen LogP contribution in [-0.4, -0.2) is 10.2 Å². The topological polar surface area (TPSA) is 56.0 Å². The highest BCUT2D eigenvalue weighted by Gasteiger charge is 2.08. The van der Waals surface area contributed by atoms with E-state index in [-0.39, 0.29) is 5.24 Å². The molecule has 0 aliphatic rings. The minimum atomic E-state index is -0.512. The largest absolute Gasteiger partial charge is 0.454 e. The number of carbonyl (C=O) groups excluding carboxylic acids is 1. The summed E-state index contributed by atoms with van der Waals surface area (Å²) in [4.78, 5) is 14.0. The molecule has 1 aromatic rings. The first-order valence-corrected chi connectivity index (χ1v) is 3.37. The third-order valence-corrected chi connectivity index (χ3v) is 1.93. The SMILES string of the molecule is NC(=O)[s+]1ccnc1. The summed E-state index contributed by atoms with van der Waals surface area (Å²) >= 11 is 0. The Bertz CT molecular complexity index is 182. The molecule has 0 saturated heterocycles. The first-order valence-electron chi connectivity index (χ1n) is 2.02. The van der Waals surface area contributed by atoms with Crippen LogP contribution in [0.25, 0.3) is 0 Å². The molecule has 0 aliphatic carbocycles. The minimum absolute atomic E-state index is 0.317. The normalized spacial score (nSPS) is 11.2. The Morgan fingerprint density at radius 1 is 1.75 bits per heavy atom. The highest BCUT2D eigenvalue weighted by Crippen LogP contribution is 2.11. The van der Waals surface area contributed by atoms with E-state index in [2.05, 4.69) is 4.98 Å². The molecule has 0 radical (unpaired) electrons. The van der Waals surface area contributed by atoms with Gasteiger partial charge in [-0.25, -0.2) is 9.78 Å². The Balaban J connectivity index is 2.93. The second-order valence-electron chi connectivity index (χ2n) is 1.23. The van der Waals surface area contributed by atoms with Gasteiger partial charge in [-0.2, -0.15) is 0 Å². The van der Waals surface area contributed by atoms with E-state index < -0.39 is 10.5 Å². The highest BCUT2D eigenvalue weighted by molar-refractivity contribution is 7.48. The fourth-order valence-electron chi connectivity index (χ4n) is 0.356. The lowest BCUT2D eigenvalue weighted by Gasteiger charge is -1.68. The zero-order chi connectivity index (χ0) is 5.98. The summed E-state index contributed by atoms with van der Waals surface area (Å²) in [6.45, 7) is 0. The fraction of sp³-hybridized carbons (Fsp3) is 0. The van der Waals surface area contributed by atoms with Crippen molar-refractivity contribution in [3.05, 3.63) is 17.1 Å². The average molecular weight is 129 g/mol. The van der Waals surface area contributed by atoms with Crippen LogP contribution in [0.4, 0.5) is 4.79 Å². The van der Waals surface area contributed by atoms with Gasteiger partial charge in [-0.3, -0.25) is 0 Å². The van der Waals surface area contributed by atoms with Gasteiger partial charge in [0.15, 0.2) is 5.38 Å². The molecular weight excluding hydrogens is 124 g/mol. The number of rotatable bonds is 1. The minimum Gasteiger partial charge on any atom is -0.320 e. The summed E-state index contributed by atoms with van der Waals surface area (Å²) in [6.07, 6.45) is 1.58. The van der Waals surface area contributed by atoms with Crippen molar-refractivity contribution in [2.45, 2.75) is 0 Å².